The van der Waals surface area contributed by atoms with Gasteiger partial charge in [0.2, 0.25) is 11.9 Å². The van der Waals surface area contributed by atoms with E-state index in [1.165, 1.54) is 0 Å². The van der Waals surface area contributed by atoms with Crippen molar-refractivity contribution in [1.29, 1.82) is 0 Å². The minimum Gasteiger partial charge on any atom is -0.494 e. The van der Waals surface area contributed by atoms with Gasteiger partial charge in [-0.2, -0.15) is 0 Å². The summed E-state index contributed by atoms with van der Waals surface area (Å²) in [5, 5.41) is 2.92. The first-order valence-electron chi connectivity index (χ1n) is 8.18. The average molecular weight is 323 g/mol. The van der Waals surface area contributed by atoms with Gasteiger partial charge in [0.05, 0.1) is 24.1 Å². The molecule has 0 saturated carbocycles. The number of benzene rings is 2. The van der Waals surface area contributed by atoms with E-state index in [0.717, 1.165) is 28.9 Å². The van der Waals surface area contributed by atoms with Gasteiger partial charge in [0, 0.05) is 6.54 Å². The van der Waals surface area contributed by atoms with Crippen LogP contribution in [0.5, 0.6) is 5.75 Å². The summed E-state index contributed by atoms with van der Waals surface area (Å²) in [5.41, 5.74) is 2.85. The molecule has 0 unspecified atom stereocenters. The van der Waals surface area contributed by atoms with E-state index in [1.807, 2.05) is 66.9 Å². The summed E-state index contributed by atoms with van der Waals surface area (Å²) >= 11 is 0. The van der Waals surface area contributed by atoms with Gasteiger partial charge in [-0.05, 0) is 43.7 Å². The average Bonchev–Trinajstić information content (AvgIpc) is 2.93. The zero-order chi connectivity index (χ0) is 16.9. The standard InChI is InChI=1S/C19H21N3O2/c1-3-22-17-8-6-5-7-16(17)20-19(22)21-18(23)13-14-9-11-15(12-10-14)24-4-2/h5-12H,3-4,13H2,1-2H3,(H,20,21,23). The third kappa shape index (κ3) is 3.40. The lowest BCUT2D eigenvalue weighted by Gasteiger charge is -2.08. The maximum Gasteiger partial charge on any atom is 0.231 e. The lowest BCUT2D eigenvalue weighted by atomic mass is 10.1. The van der Waals surface area contributed by atoms with Crippen LogP contribution in [0.2, 0.25) is 0 Å². The zero-order valence-corrected chi connectivity index (χ0v) is 14.0. The first-order chi connectivity index (χ1) is 11.7. The van der Waals surface area contributed by atoms with E-state index >= 15 is 0 Å². The van der Waals surface area contributed by atoms with Gasteiger partial charge >= 0.3 is 0 Å². The highest BCUT2D eigenvalue weighted by Gasteiger charge is 2.12. The molecular weight excluding hydrogens is 302 g/mol. The second-order valence-electron chi connectivity index (χ2n) is 5.47. The van der Waals surface area contributed by atoms with E-state index in [2.05, 4.69) is 10.3 Å². The van der Waals surface area contributed by atoms with Crippen LogP contribution in [-0.4, -0.2) is 22.1 Å². The lowest BCUT2D eigenvalue weighted by molar-refractivity contribution is -0.115. The summed E-state index contributed by atoms with van der Waals surface area (Å²) in [6.45, 7) is 5.36. The van der Waals surface area contributed by atoms with Crippen molar-refractivity contribution in [1.82, 2.24) is 9.55 Å². The Kier molecular flexibility index (Phi) is 4.79. The highest BCUT2D eigenvalue weighted by molar-refractivity contribution is 5.92. The molecule has 3 aromatic rings. The second-order valence-corrected chi connectivity index (χ2v) is 5.47. The Labute approximate surface area is 141 Å². The summed E-state index contributed by atoms with van der Waals surface area (Å²) in [6, 6.07) is 15.5. The van der Waals surface area contributed by atoms with E-state index in [-0.39, 0.29) is 5.91 Å². The number of carbonyl (C=O) groups is 1. The predicted octanol–water partition coefficient (Wildman–Crippen LogP) is 3.64. The molecular formula is C19H21N3O2. The van der Waals surface area contributed by atoms with Gasteiger partial charge in [-0.1, -0.05) is 24.3 Å². The maximum atomic E-state index is 12.3. The minimum absolute atomic E-state index is 0.0795. The number of aromatic nitrogens is 2. The highest BCUT2D eigenvalue weighted by atomic mass is 16.5. The number of fused-ring (bicyclic) bond motifs is 1. The third-order valence-electron chi connectivity index (χ3n) is 3.82. The Hall–Kier alpha value is -2.82. The Bertz CT molecular complexity index is 837. The van der Waals surface area contributed by atoms with Gasteiger partial charge in [-0.15, -0.1) is 0 Å². The molecule has 1 N–H and O–H groups in total. The fourth-order valence-corrected chi connectivity index (χ4v) is 2.72. The number of carbonyl (C=O) groups excluding carboxylic acids is 1. The van der Waals surface area contributed by atoms with Crippen LogP contribution in [-0.2, 0) is 17.8 Å². The molecule has 124 valence electrons. The van der Waals surface area contributed by atoms with Gasteiger partial charge in [0.1, 0.15) is 5.75 Å². The van der Waals surface area contributed by atoms with Crippen molar-refractivity contribution in [2.75, 3.05) is 11.9 Å². The van der Waals surface area contributed by atoms with E-state index in [4.69, 9.17) is 4.74 Å². The number of aryl methyl sites for hydroxylation is 1. The molecule has 5 nitrogen and oxygen atoms in total. The van der Waals surface area contributed by atoms with Crippen LogP contribution < -0.4 is 10.1 Å². The van der Waals surface area contributed by atoms with Gasteiger partial charge in [-0.3, -0.25) is 10.1 Å². The topological polar surface area (TPSA) is 56.1 Å². The van der Waals surface area contributed by atoms with Crippen molar-refractivity contribution in [2.45, 2.75) is 26.8 Å². The van der Waals surface area contributed by atoms with Crippen molar-refractivity contribution in [3.05, 3.63) is 54.1 Å². The number of para-hydroxylation sites is 2. The largest absolute Gasteiger partial charge is 0.494 e. The number of nitrogens with zero attached hydrogens (tertiary/aromatic N) is 2. The number of nitrogens with one attached hydrogen (secondary N) is 1. The number of imidazole rings is 1. The minimum atomic E-state index is -0.0795. The summed E-state index contributed by atoms with van der Waals surface area (Å²) in [7, 11) is 0. The highest BCUT2D eigenvalue weighted by Crippen LogP contribution is 2.19. The quantitative estimate of drug-likeness (QED) is 0.753. The van der Waals surface area contributed by atoms with Gasteiger partial charge in [-0.25, -0.2) is 4.98 Å². The molecule has 0 atom stereocenters. The predicted molar refractivity (Wildman–Crippen MR) is 95.4 cm³/mol. The molecule has 0 bridgehead atoms. The molecule has 3 rings (SSSR count). The molecule has 0 aliphatic rings. The second kappa shape index (κ2) is 7.17. The molecule has 0 saturated heterocycles. The molecule has 0 aliphatic heterocycles. The van der Waals surface area contributed by atoms with E-state index in [1.54, 1.807) is 0 Å². The molecule has 0 radical (unpaired) electrons. The zero-order valence-electron chi connectivity index (χ0n) is 14.0. The maximum absolute atomic E-state index is 12.3. The lowest BCUT2D eigenvalue weighted by Crippen LogP contribution is -2.17. The Morgan fingerprint density at radius 3 is 2.58 bits per heavy atom. The van der Waals surface area contributed by atoms with Crippen LogP contribution in [0, 0.1) is 0 Å². The van der Waals surface area contributed by atoms with Crippen LogP contribution in [0.4, 0.5) is 5.95 Å². The fourth-order valence-electron chi connectivity index (χ4n) is 2.72. The number of hydrogen-bond donors (Lipinski definition) is 1. The SMILES string of the molecule is CCOc1ccc(CC(=O)Nc2nc3ccccc3n2CC)cc1. The molecule has 0 aliphatic carbocycles. The summed E-state index contributed by atoms with van der Waals surface area (Å²) in [5.74, 6) is 1.33. The summed E-state index contributed by atoms with van der Waals surface area (Å²) in [4.78, 5) is 16.9. The molecule has 24 heavy (non-hydrogen) atoms. The first-order valence-corrected chi connectivity index (χ1v) is 8.18. The van der Waals surface area contributed by atoms with Crippen molar-refractivity contribution in [3.63, 3.8) is 0 Å². The van der Waals surface area contributed by atoms with Crippen molar-refractivity contribution >= 4 is 22.9 Å². The van der Waals surface area contributed by atoms with Gasteiger partial charge in [0.25, 0.3) is 0 Å². The fraction of sp³-hybridized carbons (Fsp3) is 0.263. The number of hydrogen-bond acceptors (Lipinski definition) is 3. The van der Waals surface area contributed by atoms with Crippen LogP contribution in [0.1, 0.15) is 19.4 Å². The normalized spacial score (nSPS) is 10.8. The van der Waals surface area contributed by atoms with Crippen LogP contribution in [0.25, 0.3) is 11.0 Å². The van der Waals surface area contributed by atoms with Gasteiger partial charge in [0.15, 0.2) is 0 Å². The Morgan fingerprint density at radius 2 is 1.88 bits per heavy atom. The van der Waals surface area contributed by atoms with E-state index < -0.39 is 0 Å². The third-order valence-corrected chi connectivity index (χ3v) is 3.82. The van der Waals surface area contributed by atoms with E-state index in [0.29, 0.717) is 19.0 Å². The molecule has 2 aromatic carbocycles. The number of rotatable bonds is 6. The number of anilines is 1. The van der Waals surface area contributed by atoms with Crippen LogP contribution >= 0.6 is 0 Å². The van der Waals surface area contributed by atoms with Crippen molar-refractivity contribution in [3.8, 4) is 5.75 Å². The van der Waals surface area contributed by atoms with Crippen molar-refractivity contribution in [2.24, 2.45) is 0 Å². The summed E-state index contributed by atoms with van der Waals surface area (Å²) in [6.07, 6.45) is 0.305. The Morgan fingerprint density at radius 1 is 1.12 bits per heavy atom. The molecule has 0 fully saturated rings. The smallest absolute Gasteiger partial charge is 0.231 e. The van der Waals surface area contributed by atoms with Crippen molar-refractivity contribution < 1.29 is 9.53 Å². The Balaban J connectivity index is 1.72. The number of ether oxygens (including phenoxy) is 1. The summed E-state index contributed by atoms with van der Waals surface area (Å²) < 4.78 is 7.42. The van der Waals surface area contributed by atoms with E-state index in [9.17, 15) is 4.79 Å². The molecule has 5 heteroatoms. The molecule has 0 spiro atoms. The van der Waals surface area contributed by atoms with Crippen LogP contribution in [0.3, 0.4) is 0 Å². The van der Waals surface area contributed by atoms with Crippen LogP contribution in [0.15, 0.2) is 48.5 Å². The first kappa shape index (κ1) is 16.1. The van der Waals surface area contributed by atoms with Gasteiger partial charge < -0.3 is 9.30 Å². The molecule has 1 aromatic heterocycles. The molecule has 1 heterocycles. The monoisotopic (exact) mass is 323 g/mol. The number of amides is 1. The molecule has 1 amide bonds.